The number of rotatable bonds is 10. The molecule has 5 heteroatoms. The maximum atomic E-state index is 6.35. The zero-order valence-electron chi connectivity index (χ0n) is 33.1. The van der Waals surface area contributed by atoms with E-state index in [0.717, 1.165) is 67.3 Å². The molecule has 5 nitrogen and oxygen atoms in total. The lowest BCUT2D eigenvalue weighted by Crippen LogP contribution is -1.96. The molecule has 0 fully saturated rings. The molecule has 0 saturated carbocycles. The third-order valence-corrected chi connectivity index (χ3v) is 10.6. The maximum Gasteiger partial charge on any atom is 0.160 e. The summed E-state index contributed by atoms with van der Waals surface area (Å²) in [6, 6.07) is 78.3. The van der Waals surface area contributed by atoms with Gasteiger partial charge in [-0.3, -0.25) is 0 Å². The highest BCUT2D eigenvalue weighted by Gasteiger charge is 2.14. The Morgan fingerprint density at radius 2 is 0.443 bits per heavy atom. The molecule has 0 N–H and O–H groups in total. The van der Waals surface area contributed by atoms with Gasteiger partial charge in [-0.1, -0.05) is 170 Å². The molecule has 10 rings (SSSR count). The molecule has 0 aliphatic heterocycles. The number of benzene rings is 8. The van der Waals surface area contributed by atoms with Crippen molar-refractivity contribution in [2.75, 3.05) is 0 Å². The van der Waals surface area contributed by atoms with E-state index in [0.29, 0.717) is 23.1 Å². The van der Waals surface area contributed by atoms with E-state index >= 15 is 0 Å². The van der Waals surface area contributed by atoms with Gasteiger partial charge < -0.3 is 4.74 Å². The molecule has 2 heterocycles. The molecule has 0 unspecified atom stereocenters. The van der Waals surface area contributed by atoms with Crippen LogP contribution in [-0.4, -0.2) is 19.9 Å². The first-order valence-electron chi connectivity index (χ1n) is 20.3. The van der Waals surface area contributed by atoms with Gasteiger partial charge in [-0.2, -0.15) is 0 Å². The van der Waals surface area contributed by atoms with Crippen LogP contribution >= 0.6 is 0 Å². The number of hydrogen-bond donors (Lipinski definition) is 0. The predicted octanol–water partition coefficient (Wildman–Crippen LogP) is 14.4. The summed E-state index contributed by atoms with van der Waals surface area (Å²) in [5.41, 5.74) is 14.0. The van der Waals surface area contributed by atoms with E-state index in [1.807, 2.05) is 97.1 Å². The van der Waals surface area contributed by atoms with Crippen LogP contribution in [0.25, 0.3) is 90.1 Å². The van der Waals surface area contributed by atoms with Crippen LogP contribution in [0.2, 0.25) is 0 Å². The third-order valence-electron chi connectivity index (χ3n) is 10.6. The van der Waals surface area contributed by atoms with E-state index in [2.05, 4.69) is 133 Å². The Hall–Kier alpha value is -8.28. The molecular formula is C56H38N4O. The largest absolute Gasteiger partial charge is 0.457 e. The Kier molecular flexibility index (Phi) is 10.3. The highest BCUT2D eigenvalue weighted by Crippen LogP contribution is 2.33. The minimum absolute atomic E-state index is 0.642. The molecular weight excluding hydrogens is 745 g/mol. The second-order valence-electron chi connectivity index (χ2n) is 14.7. The van der Waals surface area contributed by atoms with Crippen LogP contribution in [0.15, 0.2) is 231 Å². The van der Waals surface area contributed by atoms with Gasteiger partial charge in [0.15, 0.2) is 11.6 Å². The Balaban J connectivity index is 0.905. The molecule has 0 atom stereocenters. The molecule has 10 aromatic rings. The Labute approximate surface area is 355 Å². The molecule has 0 radical (unpaired) electrons. The average molecular weight is 783 g/mol. The van der Waals surface area contributed by atoms with E-state index in [-0.39, 0.29) is 0 Å². The van der Waals surface area contributed by atoms with Gasteiger partial charge in [0.05, 0.1) is 22.8 Å². The minimum atomic E-state index is 0.642. The standard InChI is InChI=1S/C56H38N4O/c1-5-13-39(14-6-1)41-21-25-45(26-22-41)53-37-51(43-17-9-3-10-18-43)57-55(59-53)47-29-33-49(34-30-47)61-50-35-31-48(32-36-50)56-58-52(44-19-11-4-12-20-44)38-54(60-56)46-27-23-42(24-28-46)40-15-7-2-8-16-40/h1-38H. The number of aromatic nitrogens is 4. The van der Waals surface area contributed by atoms with Gasteiger partial charge >= 0.3 is 0 Å². The summed E-state index contributed by atoms with van der Waals surface area (Å²) in [6.45, 7) is 0. The quantitative estimate of drug-likeness (QED) is 0.138. The first kappa shape index (κ1) is 37.0. The summed E-state index contributed by atoms with van der Waals surface area (Å²) < 4.78 is 6.35. The van der Waals surface area contributed by atoms with Gasteiger partial charge in [0.25, 0.3) is 0 Å². The normalized spacial score (nSPS) is 11.0. The van der Waals surface area contributed by atoms with Crippen LogP contribution in [0.3, 0.4) is 0 Å². The second-order valence-corrected chi connectivity index (χ2v) is 14.7. The van der Waals surface area contributed by atoms with Crippen LogP contribution in [-0.2, 0) is 0 Å². The van der Waals surface area contributed by atoms with E-state index in [9.17, 15) is 0 Å². The van der Waals surface area contributed by atoms with Gasteiger partial charge in [-0.05, 0) is 82.9 Å². The molecule has 0 spiro atoms. The Morgan fingerprint density at radius 3 is 0.754 bits per heavy atom. The van der Waals surface area contributed by atoms with Gasteiger partial charge in [-0.15, -0.1) is 0 Å². The lowest BCUT2D eigenvalue weighted by atomic mass is 10.0. The molecule has 2 aromatic heterocycles. The lowest BCUT2D eigenvalue weighted by Gasteiger charge is -2.12. The van der Waals surface area contributed by atoms with Crippen molar-refractivity contribution in [1.82, 2.24) is 19.9 Å². The van der Waals surface area contributed by atoms with Crippen LogP contribution < -0.4 is 4.74 Å². The molecule has 61 heavy (non-hydrogen) atoms. The van der Waals surface area contributed by atoms with E-state index < -0.39 is 0 Å². The molecule has 288 valence electrons. The zero-order valence-corrected chi connectivity index (χ0v) is 33.1. The summed E-state index contributed by atoms with van der Waals surface area (Å²) in [5, 5.41) is 0. The fraction of sp³-hybridized carbons (Fsp3) is 0. The average Bonchev–Trinajstić information content (AvgIpc) is 3.35. The predicted molar refractivity (Wildman–Crippen MR) is 248 cm³/mol. The van der Waals surface area contributed by atoms with Crippen LogP contribution in [0, 0.1) is 0 Å². The highest BCUT2D eigenvalue weighted by atomic mass is 16.5. The lowest BCUT2D eigenvalue weighted by molar-refractivity contribution is 0.483. The van der Waals surface area contributed by atoms with Crippen LogP contribution in [0.5, 0.6) is 11.5 Å². The molecule has 0 amide bonds. The smallest absolute Gasteiger partial charge is 0.160 e. The molecule has 0 saturated heterocycles. The fourth-order valence-electron chi connectivity index (χ4n) is 7.37. The number of ether oxygens (including phenoxy) is 1. The summed E-state index contributed by atoms with van der Waals surface area (Å²) in [7, 11) is 0. The van der Waals surface area contributed by atoms with E-state index in [4.69, 9.17) is 24.7 Å². The second kappa shape index (κ2) is 16.9. The van der Waals surface area contributed by atoms with Crippen molar-refractivity contribution in [1.29, 1.82) is 0 Å². The first-order valence-corrected chi connectivity index (χ1v) is 20.3. The number of hydrogen-bond acceptors (Lipinski definition) is 5. The summed E-state index contributed by atoms with van der Waals surface area (Å²) in [5.74, 6) is 2.69. The third kappa shape index (κ3) is 8.35. The Bertz CT molecular complexity index is 2820. The monoisotopic (exact) mass is 782 g/mol. The van der Waals surface area contributed by atoms with Gasteiger partial charge in [0, 0.05) is 33.4 Å². The van der Waals surface area contributed by atoms with Crippen LogP contribution in [0.4, 0.5) is 0 Å². The molecule has 0 aliphatic rings. The van der Waals surface area contributed by atoms with Crippen molar-refractivity contribution >= 4 is 0 Å². The van der Waals surface area contributed by atoms with E-state index in [1.165, 1.54) is 11.1 Å². The maximum absolute atomic E-state index is 6.35. The van der Waals surface area contributed by atoms with Crippen molar-refractivity contribution in [3.8, 4) is 102 Å². The van der Waals surface area contributed by atoms with Crippen molar-refractivity contribution < 1.29 is 4.74 Å². The molecule has 0 aliphatic carbocycles. The van der Waals surface area contributed by atoms with Crippen molar-refractivity contribution in [3.05, 3.63) is 231 Å². The number of nitrogens with zero attached hydrogens (tertiary/aromatic N) is 4. The van der Waals surface area contributed by atoms with Gasteiger partial charge in [0.1, 0.15) is 11.5 Å². The fourth-order valence-corrected chi connectivity index (χ4v) is 7.37. The van der Waals surface area contributed by atoms with Gasteiger partial charge in [-0.25, -0.2) is 19.9 Å². The van der Waals surface area contributed by atoms with Crippen LogP contribution in [0.1, 0.15) is 0 Å². The molecule has 8 aromatic carbocycles. The van der Waals surface area contributed by atoms with E-state index in [1.54, 1.807) is 0 Å². The highest BCUT2D eigenvalue weighted by molar-refractivity contribution is 5.76. The summed E-state index contributed by atoms with van der Waals surface area (Å²) >= 11 is 0. The van der Waals surface area contributed by atoms with Crippen molar-refractivity contribution in [2.24, 2.45) is 0 Å². The summed E-state index contributed by atoms with van der Waals surface area (Å²) in [6.07, 6.45) is 0. The zero-order chi connectivity index (χ0) is 40.8. The first-order chi connectivity index (χ1) is 30.2. The minimum Gasteiger partial charge on any atom is -0.457 e. The topological polar surface area (TPSA) is 60.8 Å². The Morgan fingerprint density at radius 1 is 0.213 bits per heavy atom. The SMILES string of the molecule is c1ccc(-c2ccc(-c3cc(-c4ccccc4)nc(-c4ccc(Oc5ccc(-c6nc(-c7ccccc7)cc(-c7ccc(-c8ccccc8)cc7)n6)cc5)cc4)n3)cc2)cc1. The molecule has 0 bridgehead atoms. The van der Waals surface area contributed by atoms with Crippen molar-refractivity contribution in [2.45, 2.75) is 0 Å². The van der Waals surface area contributed by atoms with Gasteiger partial charge in [0.2, 0.25) is 0 Å². The summed E-state index contributed by atoms with van der Waals surface area (Å²) in [4.78, 5) is 20.2. The van der Waals surface area contributed by atoms with Crippen molar-refractivity contribution in [3.63, 3.8) is 0 Å².